The first kappa shape index (κ1) is 9.92. The Kier molecular flexibility index (Phi) is 3.06. The molecular formula is C8H5ClFIO. The van der Waals surface area contributed by atoms with Crippen LogP contribution in [0.25, 0.3) is 0 Å². The molecule has 0 radical (unpaired) electrons. The van der Waals surface area contributed by atoms with Crippen LogP contribution in [0.1, 0.15) is 17.3 Å². The predicted molar refractivity (Wildman–Crippen MR) is 54.1 cm³/mol. The van der Waals surface area contributed by atoms with Crippen molar-refractivity contribution in [3.63, 3.8) is 0 Å². The summed E-state index contributed by atoms with van der Waals surface area (Å²) in [5.41, 5.74) is 0.231. The lowest BCUT2D eigenvalue weighted by atomic mass is 10.1. The topological polar surface area (TPSA) is 17.1 Å². The smallest absolute Gasteiger partial charge is 0.161 e. The molecule has 0 fully saturated rings. The molecule has 0 unspecified atom stereocenters. The lowest BCUT2D eigenvalue weighted by Gasteiger charge is -2.01. The van der Waals surface area contributed by atoms with Crippen LogP contribution in [0.15, 0.2) is 12.1 Å². The minimum Gasteiger partial charge on any atom is -0.294 e. The molecular weight excluding hydrogens is 293 g/mol. The van der Waals surface area contributed by atoms with Gasteiger partial charge in [-0.2, -0.15) is 0 Å². The van der Waals surface area contributed by atoms with Gasteiger partial charge in [0.05, 0.1) is 8.59 Å². The number of Topliss-reactive ketones (excluding diaryl/α,β-unsaturated/α-hetero) is 1. The predicted octanol–water partition coefficient (Wildman–Crippen LogP) is 3.29. The van der Waals surface area contributed by atoms with Gasteiger partial charge in [0.2, 0.25) is 0 Å². The van der Waals surface area contributed by atoms with Crippen LogP contribution in [0.5, 0.6) is 0 Å². The third-order valence-corrected chi connectivity index (χ3v) is 2.62. The Morgan fingerprint density at radius 3 is 2.67 bits per heavy atom. The van der Waals surface area contributed by atoms with Gasteiger partial charge in [-0.1, -0.05) is 11.6 Å². The first-order valence-electron chi connectivity index (χ1n) is 3.18. The fourth-order valence-corrected chi connectivity index (χ4v) is 1.70. The molecule has 4 heteroatoms. The Hall–Kier alpha value is -0.160. The minimum atomic E-state index is -0.523. The Labute approximate surface area is 88.1 Å². The highest BCUT2D eigenvalue weighted by Gasteiger charge is 2.12. The molecule has 0 heterocycles. The van der Waals surface area contributed by atoms with Crippen molar-refractivity contribution in [2.45, 2.75) is 6.92 Å². The molecule has 0 bridgehead atoms. The van der Waals surface area contributed by atoms with Gasteiger partial charge in [0.15, 0.2) is 11.6 Å². The number of rotatable bonds is 1. The van der Waals surface area contributed by atoms with Crippen LogP contribution in [0.4, 0.5) is 4.39 Å². The SMILES string of the molecule is CC(=O)c1ccc(I)c(F)c1Cl. The first-order chi connectivity index (χ1) is 5.54. The number of carbonyl (C=O) groups excluding carboxylic acids is 1. The second kappa shape index (κ2) is 3.70. The van der Waals surface area contributed by atoms with Gasteiger partial charge in [-0.25, -0.2) is 4.39 Å². The van der Waals surface area contributed by atoms with Crippen molar-refractivity contribution in [1.82, 2.24) is 0 Å². The Balaban J connectivity index is 3.36. The number of halogens is 3. The summed E-state index contributed by atoms with van der Waals surface area (Å²) in [6.45, 7) is 1.35. The zero-order chi connectivity index (χ0) is 9.30. The standard InChI is InChI=1S/C8H5ClFIO/c1-4(12)5-2-3-6(11)8(10)7(5)9/h2-3H,1H3. The van der Waals surface area contributed by atoms with E-state index in [2.05, 4.69) is 0 Å². The van der Waals surface area contributed by atoms with E-state index in [1.165, 1.54) is 19.1 Å². The fourth-order valence-electron chi connectivity index (χ4n) is 0.798. The van der Waals surface area contributed by atoms with Gasteiger partial charge in [-0.15, -0.1) is 0 Å². The summed E-state index contributed by atoms with van der Waals surface area (Å²) >= 11 is 7.41. The van der Waals surface area contributed by atoms with Crippen LogP contribution < -0.4 is 0 Å². The second-order valence-corrected chi connectivity index (χ2v) is 3.82. The molecule has 64 valence electrons. The molecule has 0 aliphatic carbocycles. The molecule has 0 saturated carbocycles. The van der Waals surface area contributed by atoms with Crippen molar-refractivity contribution < 1.29 is 9.18 Å². The summed E-state index contributed by atoms with van der Waals surface area (Å²) in [4.78, 5) is 10.9. The Morgan fingerprint density at radius 2 is 2.17 bits per heavy atom. The highest BCUT2D eigenvalue weighted by Crippen LogP contribution is 2.24. The van der Waals surface area contributed by atoms with Gasteiger partial charge in [0.25, 0.3) is 0 Å². The molecule has 0 atom stereocenters. The van der Waals surface area contributed by atoms with Crippen LogP contribution in [0, 0.1) is 9.39 Å². The molecule has 0 spiro atoms. The number of hydrogen-bond acceptors (Lipinski definition) is 1. The van der Waals surface area contributed by atoms with Gasteiger partial charge in [-0.3, -0.25) is 4.79 Å². The number of carbonyl (C=O) groups is 1. The van der Waals surface area contributed by atoms with Crippen molar-refractivity contribution in [1.29, 1.82) is 0 Å². The zero-order valence-corrected chi connectivity index (χ0v) is 9.11. The zero-order valence-electron chi connectivity index (χ0n) is 6.20. The number of hydrogen-bond donors (Lipinski definition) is 0. The molecule has 1 nitrogen and oxygen atoms in total. The van der Waals surface area contributed by atoms with Crippen molar-refractivity contribution >= 4 is 40.0 Å². The average molecular weight is 298 g/mol. The van der Waals surface area contributed by atoms with E-state index in [1.807, 2.05) is 22.6 Å². The van der Waals surface area contributed by atoms with E-state index in [0.29, 0.717) is 3.57 Å². The number of benzene rings is 1. The molecule has 0 aromatic heterocycles. The fraction of sp³-hybridized carbons (Fsp3) is 0.125. The molecule has 1 aromatic carbocycles. The Morgan fingerprint density at radius 1 is 1.58 bits per heavy atom. The molecule has 0 saturated heterocycles. The molecule has 0 aliphatic heterocycles. The van der Waals surface area contributed by atoms with Gasteiger partial charge >= 0.3 is 0 Å². The quantitative estimate of drug-likeness (QED) is 0.442. The lowest BCUT2D eigenvalue weighted by molar-refractivity contribution is 0.101. The summed E-state index contributed by atoms with van der Waals surface area (Å²) in [6.07, 6.45) is 0. The molecule has 0 aliphatic rings. The summed E-state index contributed by atoms with van der Waals surface area (Å²) in [5, 5.41) is -0.0885. The van der Waals surface area contributed by atoms with Crippen LogP contribution in [0.2, 0.25) is 5.02 Å². The van der Waals surface area contributed by atoms with Crippen LogP contribution >= 0.6 is 34.2 Å². The summed E-state index contributed by atoms with van der Waals surface area (Å²) < 4.78 is 13.5. The minimum absolute atomic E-state index is 0.0885. The van der Waals surface area contributed by atoms with E-state index < -0.39 is 5.82 Å². The van der Waals surface area contributed by atoms with E-state index in [9.17, 15) is 9.18 Å². The van der Waals surface area contributed by atoms with Gasteiger partial charge in [0.1, 0.15) is 0 Å². The average Bonchev–Trinajstić information content (AvgIpc) is 2.00. The normalized spacial score (nSPS) is 10.0. The molecule has 0 N–H and O–H groups in total. The second-order valence-electron chi connectivity index (χ2n) is 2.28. The maximum Gasteiger partial charge on any atom is 0.161 e. The van der Waals surface area contributed by atoms with Crippen LogP contribution in [-0.2, 0) is 0 Å². The Bertz CT molecular complexity index is 338. The number of ketones is 1. The van der Waals surface area contributed by atoms with E-state index in [0.717, 1.165) is 0 Å². The van der Waals surface area contributed by atoms with E-state index in [-0.39, 0.29) is 16.4 Å². The van der Waals surface area contributed by atoms with Crippen LogP contribution in [-0.4, -0.2) is 5.78 Å². The van der Waals surface area contributed by atoms with Crippen molar-refractivity contribution in [3.05, 3.63) is 32.1 Å². The van der Waals surface area contributed by atoms with E-state index in [1.54, 1.807) is 0 Å². The molecule has 0 amide bonds. The van der Waals surface area contributed by atoms with Crippen molar-refractivity contribution in [2.24, 2.45) is 0 Å². The first-order valence-corrected chi connectivity index (χ1v) is 4.64. The summed E-state index contributed by atoms with van der Waals surface area (Å²) in [5.74, 6) is -0.750. The van der Waals surface area contributed by atoms with Crippen molar-refractivity contribution in [2.75, 3.05) is 0 Å². The van der Waals surface area contributed by atoms with Gasteiger partial charge in [-0.05, 0) is 41.6 Å². The van der Waals surface area contributed by atoms with Gasteiger partial charge < -0.3 is 0 Å². The maximum atomic E-state index is 13.1. The van der Waals surface area contributed by atoms with E-state index >= 15 is 0 Å². The molecule has 1 aromatic rings. The largest absolute Gasteiger partial charge is 0.294 e. The third-order valence-electron chi connectivity index (χ3n) is 1.41. The summed E-state index contributed by atoms with van der Waals surface area (Å²) in [6, 6.07) is 3.05. The highest BCUT2D eigenvalue weighted by atomic mass is 127. The van der Waals surface area contributed by atoms with Crippen molar-refractivity contribution in [3.8, 4) is 0 Å². The molecule has 12 heavy (non-hydrogen) atoms. The van der Waals surface area contributed by atoms with E-state index in [4.69, 9.17) is 11.6 Å². The highest BCUT2D eigenvalue weighted by molar-refractivity contribution is 14.1. The summed E-state index contributed by atoms with van der Waals surface area (Å²) in [7, 11) is 0. The van der Waals surface area contributed by atoms with Crippen LogP contribution in [0.3, 0.4) is 0 Å². The maximum absolute atomic E-state index is 13.1. The third kappa shape index (κ3) is 1.77. The molecule has 1 rings (SSSR count). The monoisotopic (exact) mass is 298 g/mol. The van der Waals surface area contributed by atoms with Gasteiger partial charge in [0, 0.05) is 5.56 Å². The lowest BCUT2D eigenvalue weighted by Crippen LogP contribution is -1.96.